The molecular weight excluding hydrogens is 394 g/mol. The van der Waals surface area contributed by atoms with Crippen LogP contribution in [0.4, 0.5) is 0 Å². The molecule has 0 N–H and O–H groups in total. The fraction of sp³-hybridized carbons (Fsp3) is 0.269. The van der Waals surface area contributed by atoms with E-state index in [1.54, 1.807) is 0 Å². The Kier molecular flexibility index (Phi) is 7.92. The number of halogens is 1. The third kappa shape index (κ3) is 6.11. The third-order valence-electron chi connectivity index (χ3n) is 4.74. The molecule has 0 saturated heterocycles. The van der Waals surface area contributed by atoms with E-state index in [4.69, 9.17) is 21.1 Å². The molecule has 0 aliphatic carbocycles. The smallest absolute Gasteiger partial charge is 0.191 e. The number of aliphatic imine (C=N–C) groups is 1. The van der Waals surface area contributed by atoms with E-state index in [9.17, 15) is 0 Å². The van der Waals surface area contributed by atoms with Crippen LogP contribution in [-0.2, 0) is 11.3 Å². The Morgan fingerprint density at radius 1 is 0.900 bits per heavy atom. The average molecular weight is 422 g/mol. The van der Waals surface area contributed by atoms with Crippen molar-refractivity contribution in [2.75, 3.05) is 6.54 Å². The Bertz CT molecular complexity index is 952. The van der Waals surface area contributed by atoms with E-state index in [1.807, 2.05) is 73.7 Å². The molecule has 4 heteroatoms. The standard InChI is InChI=1S/C26H28ClNO2/c1-4-28-26(25(19(2)3)21-13-15-22(27)16-14-21)29-18-20-9-8-12-24(17-20)30-23-10-6-5-7-11-23/h5-17,19,25H,4,18H2,1-3H3/b28-26-. The van der Waals surface area contributed by atoms with Gasteiger partial charge >= 0.3 is 0 Å². The summed E-state index contributed by atoms with van der Waals surface area (Å²) in [6.45, 7) is 7.49. The maximum Gasteiger partial charge on any atom is 0.191 e. The van der Waals surface area contributed by atoms with Crippen molar-refractivity contribution in [3.8, 4) is 11.5 Å². The van der Waals surface area contributed by atoms with Crippen LogP contribution in [-0.4, -0.2) is 12.4 Å². The summed E-state index contributed by atoms with van der Waals surface area (Å²) >= 11 is 6.08. The van der Waals surface area contributed by atoms with Gasteiger partial charge in [0, 0.05) is 11.6 Å². The fourth-order valence-electron chi connectivity index (χ4n) is 3.35. The minimum atomic E-state index is 0.0750. The number of nitrogens with zero attached hydrogens (tertiary/aromatic N) is 1. The number of rotatable bonds is 8. The lowest BCUT2D eigenvalue weighted by atomic mass is 9.88. The summed E-state index contributed by atoms with van der Waals surface area (Å²) in [4.78, 5) is 4.68. The molecule has 0 aliphatic rings. The number of ether oxygens (including phenoxy) is 2. The highest BCUT2D eigenvalue weighted by molar-refractivity contribution is 6.30. The fourth-order valence-corrected chi connectivity index (χ4v) is 3.48. The lowest BCUT2D eigenvalue weighted by molar-refractivity contribution is 0.268. The summed E-state index contributed by atoms with van der Waals surface area (Å²) in [5.41, 5.74) is 2.19. The van der Waals surface area contributed by atoms with Crippen LogP contribution < -0.4 is 4.74 Å². The van der Waals surface area contributed by atoms with E-state index in [0.717, 1.165) is 33.5 Å². The summed E-state index contributed by atoms with van der Waals surface area (Å²) in [6, 6.07) is 25.7. The summed E-state index contributed by atoms with van der Waals surface area (Å²) in [6.07, 6.45) is 0. The van der Waals surface area contributed by atoms with Crippen molar-refractivity contribution in [3.63, 3.8) is 0 Å². The van der Waals surface area contributed by atoms with Gasteiger partial charge in [0.25, 0.3) is 0 Å². The van der Waals surface area contributed by atoms with Crippen molar-refractivity contribution in [2.45, 2.75) is 33.3 Å². The van der Waals surface area contributed by atoms with Gasteiger partial charge in [0.15, 0.2) is 5.90 Å². The van der Waals surface area contributed by atoms with Crippen LogP contribution in [0.25, 0.3) is 0 Å². The number of benzene rings is 3. The summed E-state index contributed by atoms with van der Waals surface area (Å²) in [5, 5.41) is 0.728. The van der Waals surface area contributed by atoms with Gasteiger partial charge in [0.1, 0.15) is 18.1 Å². The van der Waals surface area contributed by atoms with Crippen LogP contribution in [0.15, 0.2) is 83.9 Å². The van der Waals surface area contributed by atoms with Crippen molar-refractivity contribution >= 4 is 17.5 Å². The first-order valence-electron chi connectivity index (χ1n) is 10.3. The van der Waals surface area contributed by atoms with Crippen LogP contribution in [0.5, 0.6) is 11.5 Å². The van der Waals surface area contributed by atoms with Crippen molar-refractivity contribution in [3.05, 3.63) is 95.0 Å². The molecule has 156 valence electrons. The topological polar surface area (TPSA) is 30.8 Å². The second-order valence-electron chi connectivity index (χ2n) is 7.44. The van der Waals surface area contributed by atoms with Gasteiger partial charge in [-0.25, -0.2) is 0 Å². The van der Waals surface area contributed by atoms with Crippen LogP contribution in [0.1, 0.15) is 37.8 Å². The van der Waals surface area contributed by atoms with Gasteiger partial charge in [-0.1, -0.05) is 67.9 Å². The molecule has 0 radical (unpaired) electrons. The summed E-state index contributed by atoms with van der Waals surface area (Å²) < 4.78 is 12.2. The van der Waals surface area contributed by atoms with Gasteiger partial charge in [0.2, 0.25) is 0 Å². The van der Waals surface area contributed by atoms with Crippen LogP contribution >= 0.6 is 11.6 Å². The molecule has 0 saturated carbocycles. The van der Waals surface area contributed by atoms with Crippen LogP contribution in [0.3, 0.4) is 0 Å². The van der Waals surface area contributed by atoms with Crippen molar-refractivity contribution < 1.29 is 9.47 Å². The number of hydrogen-bond acceptors (Lipinski definition) is 3. The summed E-state index contributed by atoms with van der Waals surface area (Å²) in [5.74, 6) is 2.76. The molecule has 0 aliphatic heterocycles. The highest BCUT2D eigenvalue weighted by Gasteiger charge is 2.24. The van der Waals surface area contributed by atoms with E-state index in [2.05, 4.69) is 31.0 Å². The van der Waals surface area contributed by atoms with Gasteiger partial charge in [-0.3, -0.25) is 4.99 Å². The zero-order chi connectivity index (χ0) is 21.3. The molecular formula is C26H28ClNO2. The minimum Gasteiger partial charge on any atom is -0.476 e. The Labute approximate surface area is 184 Å². The maximum absolute atomic E-state index is 6.24. The minimum absolute atomic E-state index is 0.0750. The zero-order valence-electron chi connectivity index (χ0n) is 17.7. The van der Waals surface area contributed by atoms with Gasteiger partial charge in [0.05, 0.1) is 5.92 Å². The molecule has 3 nitrogen and oxygen atoms in total. The molecule has 3 aromatic carbocycles. The second kappa shape index (κ2) is 10.8. The molecule has 0 bridgehead atoms. The van der Waals surface area contributed by atoms with Crippen molar-refractivity contribution in [1.82, 2.24) is 0 Å². The molecule has 0 spiro atoms. The molecule has 0 heterocycles. The molecule has 0 fully saturated rings. The Morgan fingerprint density at radius 3 is 2.27 bits per heavy atom. The maximum atomic E-state index is 6.24. The van der Waals surface area contributed by atoms with E-state index in [0.29, 0.717) is 19.1 Å². The van der Waals surface area contributed by atoms with E-state index in [-0.39, 0.29) is 5.92 Å². The zero-order valence-corrected chi connectivity index (χ0v) is 18.5. The molecule has 3 aromatic rings. The predicted octanol–water partition coefficient (Wildman–Crippen LogP) is 7.51. The predicted molar refractivity (Wildman–Crippen MR) is 125 cm³/mol. The van der Waals surface area contributed by atoms with Crippen molar-refractivity contribution in [2.24, 2.45) is 10.9 Å². The van der Waals surface area contributed by atoms with Gasteiger partial charge < -0.3 is 9.47 Å². The lowest BCUT2D eigenvalue weighted by Crippen LogP contribution is -2.21. The first kappa shape index (κ1) is 21.9. The second-order valence-corrected chi connectivity index (χ2v) is 7.87. The van der Waals surface area contributed by atoms with Gasteiger partial charge in [-0.05, 0) is 60.4 Å². The Hall–Kier alpha value is -2.78. The molecule has 30 heavy (non-hydrogen) atoms. The van der Waals surface area contributed by atoms with E-state index >= 15 is 0 Å². The molecule has 1 unspecified atom stereocenters. The van der Waals surface area contributed by atoms with E-state index in [1.165, 1.54) is 0 Å². The Balaban J connectivity index is 1.75. The van der Waals surface area contributed by atoms with Crippen LogP contribution in [0.2, 0.25) is 5.02 Å². The Morgan fingerprint density at radius 2 is 1.60 bits per heavy atom. The first-order chi connectivity index (χ1) is 14.6. The summed E-state index contributed by atoms with van der Waals surface area (Å²) in [7, 11) is 0. The first-order valence-corrected chi connectivity index (χ1v) is 10.7. The molecule has 0 aromatic heterocycles. The molecule has 3 rings (SSSR count). The average Bonchev–Trinajstić information content (AvgIpc) is 2.74. The highest BCUT2D eigenvalue weighted by atomic mass is 35.5. The van der Waals surface area contributed by atoms with E-state index < -0.39 is 0 Å². The number of hydrogen-bond donors (Lipinski definition) is 0. The largest absolute Gasteiger partial charge is 0.476 e. The van der Waals surface area contributed by atoms with Gasteiger partial charge in [-0.2, -0.15) is 0 Å². The third-order valence-corrected chi connectivity index (χ3v) is 4.99. The SMILES string of the molecule is CC/N=C(\OCc1cccc(Oc2ccccc2)c1)C(c1ccc(Cl)cc1)C(C)C. The highest BCUT2D eigenvalue weighted by Crippen LogP contribution is 2.29. The normalized spacial score (nSPS) is 12.6. The quantitative estimate of drug-likeness (QED) is 0.278. The van der Waals surface area contributed by atoms with Crippen molar-refractivity contribution in [1.29, 1.82) is 0 Å². The molecule has 0 amide bonds. The van der Waals surface area contributed by atoms with Crippen LogP contribution in [0, 0.1) is 5.92 Å². The molecule has 1 atom stereocenters. The van der Waals surface area contributed by atoms with Gasteiger partial charge in [-0.15, -0.1) is 0 Å². The monoisotopic (exact) mass is 421 g/mol. The lowest BCUT2D eigenvalue weighted by Gasteiger charge is -2.24. The number of para-hydroxylation sites is 1.